The first-order valence-electron chi connectivity index (χ1n) is 16.8. The molecule has 14 nitrogen and oxygen atoms in total. The number of aliphatic carboxylic acids is 1. The Bertz CT molecular complexity index is 1220. The molecule has 276 valence electrons. The molecular formula is C35H53NO13. The molecule has 3 aliphatic rings. The van der Waals surface area contributed by atoms with E-state index in [-0.39, 0.29) is 25.2 Å². The lowest BCUT2D eigenvalue weighted by Crippen LogP contribution is -2.61. The fraction of sp³-hybridized carbons (Fsp3) is 0.657. The van der Waals surface area contributed by atoms with Gasteiger partial charge in [0.2, 0.25) is 0 Å². The van der Waals surface area contributed by atoms with Gasteiger partial charge in [0.25, 0.3) is 0 Å². The predicted octanol–water partition coefficient (Wildman–Crippen LogP) is 0.739. The van der Waals surface area contributed by atoms with Crippen molar-refractivity contribution in [1.29, 1.82) is 0 Å². The standard InChI is InChI=1S/C35H53NO13/c1-4-22-12-9-7-5-6-8-10-14-25(48-34-32(42)30(36)31(41)21(3)47-34)17-27-29(33(43)44)26(39)19-35(45,49-27)18-24(38)16-23(37)13-11-15-28(40)46-20(22)2/h5-12,14-15,20-27,29-32,34,37-39,41-42,45H,4,13,16-19,36H2,1-3H3,(H,43,44)/b7-5+,8-6+,12-9+,14-10+,15-11+. The number of rotatable bonds is 4. The van der Waals surface area contributed by atoms with E-state index in [0.717, 1.165) is 6.42 Å². The van der Waals surface area contributed by atoms with E-state index in [2.05, 4.69) is 0 Å². The Labute approximate surface area is 286 Å². The van der Waals surface area contributed by atoms with Crippen LogP contribution in [0.2, 0.25) is 0 Å². The second-order valence-corrected chi connectivity index (χ2v) is 13.1. The van der Waals surface area contributed by atoms with Crippen molar-refractivity contribution in [2.45, 2.75) is 132 Å². The summed E-state index contributed by atoms with van der Waals surface area (Å²) in [4.78, 5) is 24.6. The van der Waals surface area contributed by atoms with Crippen molar-refractivity contribution in [3.8, 4) is 0 Å². The highest BCUT2D eigenvalue weighted by molar-refractivity contribution is 5.82. The van der Waals surface area contributed by atoms with E-state index < -0.39 is 104 Å². The van der Waals surface area contributed by atoms with Gasteiger partial charge in [-0.05, 0) is 33.1 Å². The highest BCUT2D eigenvalue weighted by Gasteiger charge is 2.50. The Balaban J connectivity index is 1.93. The zero-order valence-electron chi connectivity index (χ0n) is 28.2. The van der Waals surface area contributed by atoms with E-state index in [1.165, 1.54) is 12.2 Å². The summed E-state index contributed by atoms with van der Waals surface area (Å²) in [6, 6.07) is -1.09. The Hall–Kier alpha value is -2.76. The first kappa shape index (κ1) is 40.7. The average molecular weight is 696 g/mol. The number of ether oxygens (including phenoxy) is 4. The summed E-state index contributed by atoms with van der Waals surface area (Å²) >= 11 is 0. The van der Waals surface area contributed by atoms with Gasteiger partial charge in [-0.1, -0.05) is 61.6 Å². The summed E-state index contributed by atoms with van der Waals surface area (Å²) in [5.74, 6) is -5.69. The molecule has 0 aromatic heterocycles. The molecule has 3 rings (SSSR count). The SMILES string of the molecule is CCC1/C=C/C=C/C=C/C=C/C(OC2OC(C)C(O)C(N)C2O)CC2OC(O)(CC(O)CC(O)C/C=C/C(=O)OC1C)CC(O)C2C(=O)O. The topological polar surface area (TPSA) is 239 Å². The quantitative estimate of drug-likeness (QED) is 0.189. The molecule has 14 atom stereocenters. The van der Waals surface area contributed by atoms with Crippen LogP contribution in [0.5, 0.6) is 0 Å². The van der Waals surface area contributed by atoms with Crippen molar-refractivity contribution < 1.29 is 64.3 Å². The van der Waals surface area contributed by atoms with Crippen LogP contribution in [0.3, 0.4) is 0 Å². The maximum atomic E-state index is 12.3. The normalized spacial score (nSPS) is 45.2. The Morgan fingerprint density at radius 3 is 2.24 bits per heavy atom. The van der Waals surface area contributed by atoms with E-state index in [9.17, 15) is 45.3 Å². The van der Waals surface area contributed by atoms with E-state index in [1.807, 2.05) is 19.1 Å². The summed E-state index contributed by atoms with van der Waals surface area (Å²) in [6.07, 6.45) is 4.26. The van der Waals surface area contributed by atoms with Crippen LogP contribution >= 0.6 is 0 Å². The summed E-state index contributed by atoms with van der Waals surface area (Å²) in [7, 11) is 0. The van der Waals surface area contributed by atoms with Crippen molar-refractivity contribution in [2.24, 2.45) is 17.6 Å². The van der Waals surface area contributed by atoms with E-state index in [0.29, 0.717) is 0 Å². The third kappa shape index (κ3) is 12.2. The zero-order valence-corrected chi connectivity index (χ0v) is 28.2. The van der Waals surface area contributed by atoms with E-state index in [4.69, 9.17) is 24.7 Å². The van der Waals surface area contributed by atoms with Crippen LogP contribution in [0.1, 0.15) is 59.3 Å². The lowest BCUT2D eigenvalue weighted by molar-refractivity contribution is -0.308. The minimum Gasteiger partial charge on any atom is -0.481 e. The van der Waals surface area contributed by atoms with Crippen molar-refractivity contribution in [3.05, 3.63) is 60.8 Å². The molecule has 0 aromatic carbocycles. The third-order valence-electron chi connectivity index (χ3n) is 9.05. The number of carbonyl (C=O) groups excluding carboxylic acids is 1. The summed E-state index contributed by atoms with van der Waals surface area (Å²) in [6.45, 7) is 5.32. The van der Waals surface area contributed by atoms with Crippen molar-refractivity contribution in [2.75, 3.05) is 0 Å². The van der Waals surface area contributed by atoms with Crippen LogP contribution in [0.25, 0.3) is 0 Å². The van der Waals surface area contributed by atoms with Gasteiger partial charge >= 0.3 is 11.9 Å². The number of cyclic esters (lactones) is 1. The summed E-state index contributed by atoms with van der Waals surface area (Å²) < 4.78 is 23.1. The van der Waals surface area contributed by atoms with Crippen LogP contribution in [-0.2, 0) is 28.5 Å². The number of fused-ring (bicyclic) bond motifs is 2. The number of carboxylic acid groups (broad SMARTS) is 1. The highest BCUT2D eigenvalue weighted by atomic mass is 16.7. The molecular weight excluding hydrogens is 642 g/mol. The van der Waals surface area contributed by atoms with E-state index >= 15 is 0 Å². The third-order valence-corrected chi connectivity index (χ3v) is 9.05. The number of allylic oxidation sites excluding steroid dienone is 6. The molecule has 14 unspecified atom stereocenters. The van der Waals surface area contributed by atoms with Gasteiger partial charge in [-0.2, -0.15) is 0 Å². The number of carboxylic acids is 1. The molecule has 2 fully saturated rings. The summed E-state index contributed by atoms with van der Waals surface area (Å²) in [5.41, 5.74) is 5.98. The number of aliphatic hydroxyl groups excluding tert-OH is 5. The summed E-state index contributed by atoms with van der Waals surface area (Å²) in [5, 5.41) is 74.4. The molecule has 0 amide bonds. The van der Waals surface area contributed by atoms with Crippen LogP contribution in [0.4, 0.5) is 0 Å². The number of hydrogen-bond donors (Lipinski definition) is 8. The molecule has 9 N–H and O–H groups in total. The minimum atomic E-state index is -2.18. The first-order chi connectivity index (χ1) is 23.1. The maximum Gasteiger partial charge on any atom is 0.330 e. The number of carbonyl (C=O) groups is 2. The molecule has 2 saturated heterocycles. The minimum absolute atomic E-state index is 0.00132. The molecule has 0 aromatic rings. The molecule has 0 saturated carbocycles. The fourth-order valence-corrected chi connectivity index (χ4v) is 6.29. The Morgan fingerprint density at radius 1 is 0.939 bits per heavy atom. The lowest BCUT2D eigenvalue weighted by atomic mass is 9.83. The molecule has 0 spiro atoms. The molecule has 0 aliphatic carbocycles. The van der Waals surface area contributed by atoms with Crippen molar-refractivity contribution in [3.63, 3.8) is 0 Å². The van der Waals surface area contributed by atoms with Gasteiger partial charge < -0.3 is 60.4 Å². The van der Waals surface area contributed by atoms with Gasteiger partial charge in [0.15, 0.2) is 12.1 Å². The van der Waals surface area contributed by atoms with Gasteiger partial charge in [0.1, 0.15) is 18.1 Å². The molecule has 2 bridgehead atoms. The second kappa shape index (κ2) is 19.0. The van der Waals surface area contributed by atoms with Gasteiger partial charge in [-0.25, -0.2) is 4.79 Å². The highest BCUT2D eigenvalue weighted by Crippen LogP contribution is 2.38. The first-order valence-corrected chi connectivity index (χ1v) is 16.8. The molecule has 0 radical (unpaired) electrons. The second-order valence-electron chi connectivity index (χ2n) is 13.1. The van der Waals surface area contributed by atoms with Gasteiger partial charge in [-0.3, -0.25) is 4.79 Å². The van der Waals surface area contributed by atoms with E-state index in [1.54, 1.807) is 50.3 Å². The predicted molar refractivity (Wildman–Crippen MR) is 176 cm³/mol. The smallest absolute Gasteiger partial charge is 0.330 e. The van der Waals surface area contributed by atoms with Crippen LogP contribution in [0.15, 0.2) is 60.8 Å². The molecule has 49 heavy (non-hydrogen) atoms. The number of hydrogen-bond acceptors (Lipinski definition) is 13. The monoisotopic (exact) mass is 695 g/mol. The van der Waals surface area contributed by atoms with Crippen LogP contribution in [-0.4, -0.2) is 121 Å². The van der Waals surface area contributed by atoms with Gasteiger partial charge in [0, 0.05) is 31.3 Å². The van der Waals surface area contributed by atoms with Gasteiger partial charge in [-0.15, -0.1) is 0 Å². The fourth-order valence-electron chi connectivity index (χ4n) is 6.29. The lowest BCUT2D eigenvalue weighted by Gasteiger charge is -2.45. The average Bonchev–Trinajstić information content (AvgIpc) is 3.00. The number of esters is 1. The zero-order chi connectivity index (χ0) is 36.3. The number of aliphatic hydroxyl groups is 6. The van der Waals surface area contributed by atoms with Gasteiger partial charge in [0.05, 0.1) is 48.8 Å². The Morgan fingerprint density at radius 2 is 1.59 bits per heavy atom. The number of nitrogens with two attached hydrogens (primary N) is 1. The molecule has 14 heteroatoms. The van der Waals surface area contributed by atoms with Crippen LogP contribution < -0.4 is 5.73 Å². The maximum absolute atomic E-state index is 12.3. The van der Waals surface area contributed by atoms with Crippen molar-refractivity contribution in [1.82, 2.24) is 0 Å². The Kier molecular flexibility index (Phi) is 15.8. The molecule has 3 heterocycles. The molecule has 3 aliphatic heterocycles. The van der Waals surface area contributed by atoms with Crippen molar-refractivity contribution >= 4 is 11.9 Å². The largest absolute Gasteiger partial charge is 0.481 e. The van der Waals surface area contributed by atoms with Crippen LogP contribution in [0, 0.1) is 11.8 Å².